The van der Waals surface area contributed by atoms with Crippen LogP contribution in [0.1, 0.15) is 44.6 Å². The van der Waals surface area contributed by atoms with Crippen molar-refractivity contribution in [2.45, 2.75) is 52.3 Å². The molecule has 3 heteroatoms. The summed E-state index contributed by atoms with van der Waals surface area (Å²) in [6, 6.07) is 4.34. The first kappa shape index (κ1) is 11.7. The summed E-state index contributed by atoms with van der Waals surface area (Å²) in [6.45, 7) is 5.38. The molecule has 0 aromatic carbocycles. The van der Waals surface area contributed by atoms with Crippen LogP contribution in [0.15, 0.2) is 16.5 Å². The minimum atomic E-state index is -0.0189. The normalized spacial score (nSPS) is 23.8. The Morgan fingerprint density at radius 2 is 2.19 bits per heavy atom. The second kappa shape index (κ2) is 4.60. The first-order valence-electron chi connectivity index (χ1n) is 6.03. The third kappa shape index (κ3) is 2.47. The second-order valence-corrected chi connectivity index (χ2v) is 5.34. The molecule has 0 spiro atoms. The number of aliphatic hydroxyl groups excluding tert-OH is 1. The summed E-state index contributed by atoms with van der Waals surface area (Å²) in [5.74, 6) is 1.55. The van der Waals surface area contributed by atoms with Crippen LogP contribution in [-0.4, -0.2) is 11.1 Å². The monoisotopic (exact) mass is 223 g/mol. The van der Waals surface area contributed by atoms with E-state index in [2.05, 4.69) is 19.2 Å². The maximum atomic E-state index is 8.90. The molecule has 2 rings (SSSR count). The van der Waals surface area contributed by atoms with Gasteiger partial charge in [-0.1, -0.05) is 20.3 Å². The maximum absolute atomic E-state index is 8.90. The van der Waals surface area contributed by atoms with E-state index in [4.69, 9.17) is 9.52 Å². The molecule has 1 atom stereocenters. The van der Waals surface area contributed by atoms with Crippen molar-refractivity contribution in [2.24, 2.45) is 5.41 Å². The zero-order valence-corrected chi connectivity index (χ0v) is 10.1. The van der Waals surface area contributed by atoms with Crippen molar-refractivity contribution in [2.75, 3.05) is 0 Å². The van der Waals surface area contributed by atoms with Crippen LogP contribution in [0.2, 0.25) is 0 Å². The molecular formula is C13H21NO2. The SMILES string of the molecule is CC1(C)CCCC1NCc1ccc(CO)o1. The minimum Gasteiger partial charge on any atom is -0.462 e. The molecule has 1 aliphatic rings. The van der Waals surface area contributed by atoms with E-state index >= 15 is 0 Å². The van der Waals surface area contributed by atoms with E-state index in [0.717, 1.165) is 12.3 Å². The lowest BCUT2D eigenvalue weighted by atomic mass is 9.87. The van der Waals surface area contributed by atoms with Gasteiger partial charge in [0.15, 0.2) is 0 Å². The van der Waals surface area contributed by atoms with Gasteiger partial charge in [-0.25, -0.2) is 0 Å². The molecule has 1 aliphatic carbocycles. The summed E-state index contributed by atoms with van der Waals surface area (Å²) in [5.41, 5.74) is 0.395. The van der Waals surface area contributed by atoms with E-state index in [0.29, 0.717) is 17.2 Å². The Kier molecular flexibility index (Phi) is 3.36. The van der Waals surface area contributed by atoms with E-state index in [1.165, 1.54) is 19.3 Å². The Balaban J connectivity index is 1.87. The Bertz CT molecular complexity index is 343. The van der Waals surface area contributed by atoms with Gasteiger partial charge in [-0.15, -0.1) is 0 Å². The van der Waals surface area contributed by atoms with Crippen molar-refractivity contribution in [1.29, 1.82) is 0 Å². The van der Waals surface area contributed by atoms with Crippen LogP contribution in [0.5, 0.6) is 0 Å². The van der Waals surface area contributed by atoms with E-state index < -0.39 is 0 Å². The molecule has 0 bridgehead atoms. The average molecular weight is 223 g/mol. The molecule has 2 N–H and O–H groups in total. The lowest BCUT2D eigenvalue weighted by Gasteiger charge is -2.27. The lowest BCUT2D eigenvalue weighted by molar-refractivity contribution is 0.238. The molecule has 0 amide bonds. The zero-order valence-electron chi connectivity index (χ0n) is 10.1. The van der Waals surface area contributed by atoms with Crippen molar-refractivity contribution >= 4 is 0 Å². The maximum Gasteiger partial charge on any atom is 0.129 e. The molecule has 1 fully saturated rings. The molecule has 3 nitrogen and oxygen atoms in total. The smallest absolute Gasteiger partial charge is 0.129 e. The van der Waals surface area contributed by atoms with Gasteiger partial charge in [0.05, 0.1) is 6.54 Å². The van der Waals surface area contributed by atoms with Crippen LogP contribution >= 0.6 is 0 Å². The van der Waals surface area contributed by atoms with E-state index in [1.54, 1.807) is 0 Å². The highest BCUT2D eigenvalue weighted by Crippen LogP contribution is 2.37. The fourth-order valence-corrected chi connectivity index (χ4v) is 2.53. The summed E-state index contributed by atoms with van der Waals surface area (Å²) >= 11 is 0. The van der Waals surface area contributed by atoms with Crippen LogP contribution in [-0.2, 0) is 13.2 Å². The molecule has 1 aromatic rings. The summed E-state index contributed by atoms with van der Waals surface area (Å²) in [7, 11) is 0. The predicted octanol–water partition coefficient (Wildman–Crippen LogP) is 2.44. The third-order valence-electron chi connectivity index (χ3n) is 3.65. The molecule has 1 unspecified atom stereocenters. The van der Waals surface area contributed by atoms with Crippen molar-refractivity contribution < 1.29 is 9.52 Å². The molecule has 0 saturated heterocycles. The highest BCUT2D eigenvalue weighted by molar-refractivity contribution is 5.06. The van der Waals surface area contributed by atoms with Crippen LogP contribution in [0, 0.1) is 5.41 Å². The Hall–Kier alpha value is -0.800. The highest BCUT2D eigenvalue weighted by Gasteiger charge is 2.33. The highest BCUT2D eigenvalue weighted by atomic mass is 16.4. The summed E-state index contributed by atoms with van der Waals surface area (Å²) in [5, 5.41) is 12.4. The van der Waals surface area contributed by atoms with Gasteiger partial charge in [-0.05, 0) is 30.4 Å². The number of nitrogens with one attached hydrogen (secondary N) is 1. The van der Waals surface area contributed by atoms with E-state index in [1.807, 2.05) is 12.1 Å². The molecule has 1 saturated carbocycles. The second-order valence-electron chi connectivity index (χ2n) is 5.34. The van der Waals surface area contributed by atoms with Crippen LogP contribution in [0.4, 0.5) is 0 Å². The number of furan rings is 1. The fraction of sp³-hybridized carbons (Fsp3) is 0.692. The molecule has 0 radical (unpaired) electrons. The number of aliphatic hydroxyl groups is 1. The van der Waals surface area contributed by atoms with Gasteiger partial charge >= 0.3 is 0 Å². The van der Waals surface area contributed by atoms with Crippen molar-refractivity contribution in [3.8, 4) is 0 Å². The lowest BCUT2D eigenvalue weighted by Crippen LogP contribution is -2.37. The quantitative estimate of drug-likeness (QED) is 0.824. The average Bonchev–Trinajstić information content (AvgIpc) is 2.81. The molecule has 16 heavy (non-hydrogen) atoms. The number of hydrogen-bond donors (Lipinski definition) is 2. The van der Waals surface area contributed by atoms with Gasteiger partial charge in [-0.3, -0.25) is 0 Å². The van der Waals surface area contributed by atoms with Crippen LogP contribution < -0.4 is 5.32 Å². The first-order valence-corrected chi connectivity index (χ1v) is 6.03. The van der Waals surface area contributed by atoms with Gasteiger partial charge in [0.1, 0.15) is 18.1 Å². The van der Waals surface area contributed by atoms with Crippen molar-refractivity contribution in [1.82, 2.24) is 5.32 Å². The first-order chi connectivity index (χ1) is 7.62. The van der Waals surface area contributed by atoms with Crippen molar-refractivity contribution in [3.63, 3.8) is 0 Å². The number of hydrogen-bond acceptors (Lipinski definition) is 3. The molecular weight excluding hydrogens is 202 g/mol. The standard InChI is InChI=1S/C13H21NO2/c1-13(2)7-3-4-12(13)14-8-10-5-6-11(9-15)16-10/h5-6,12,14-15H,3-4,7-9H2,1-2H3. The number of rotatable bonds is 4. The largest absolute Gasteiger partial charge is 0.462 e. The topological polar surface area (TPSA) is 45.4 Å². The molecule has 1 aromatic heterocycles. The van der Waals surface area contributed by atoms with E-state index in [-0.39, 0.29) is 6.61 Å². The fourth-order valence-electron chi connectivity index (χ4n) is 2.53. The van der Waals surface area contributed by atoms with Gasteiger partial charge < -0.3 is 14.8 Å². The zero-order chi connectivity index (χ0) is 11.6. The minimum absolute atomic E-state index is 0.0189. The van der Waals surface area contributed by atoms with Gasteiger partial charge in [0, 0.05) is 6.04 Å². The Labute approximate surface area is 96.8 Å². The van der Waals surface area contributed by atoms with Gasteiger partial charge in [0.2, 0.25) is 0 Å². The summed E-state index contributed by atoms with van der Waals surface area (Å²) in [4.78, 5) is 0. The van der Waals surface area contributed by atoms with Gasteiger partial charge in [0.25, 0.3) is 0 Å². The molecule has 90 valence electrons. The van der Waals surface area contributed by atoms with Gasteiger partial charge in [-0.2, -0.15) is 0 Å². The Morgan fingerprint density at radius 3 is 2.75 bits per heavy atom. The summed E-state index contributed by atoms with van der Waals surface area (Å²) < 4.78 is 5.45. The molecule has 1 heterocycles. The van der Waals surface area contributed by atoms with E-state index in [9.17, 15) is 0 Å². The predicted molar refractivity (Wildman–Crippen MR) is 62.9 cm³/mol. The molecule has 0 aliphatic heterocycles. The van der Waals surface area contributed by atoms with Crippen molar-refractivity contribution in [3.05, 3.63) is 23.7 Å². The van der Waals surface area contributed by atoms with Crippen LogP contribution in [0.25, 0.3) is 0 Å². The summed E-state index contributed by atoms with van der Waals surface area (Å²) in [6.07, 6.45) is 3.86. The Morgan fingerprint density at radius 1 is 1.44 bits per heavy atom. The third-order valence-corrected chi connectivity index (χ3v) is 3.65. The van der Waals surface area contributed by atoms with Crippen LogP contribution in [0.3, 0.4) is 0 Å².